The molecule has 0 aliphatic heterocycles. The molecule has 14 heavy (non-hydrogen) atoms. The van der Waals surface area contributed by atoms with Gasteiger partial charge in [-0.25, -0.2) is 0 Å². The van der Waals surface area contributed by atoms with Crippen molar-refractivity contribution in [1.82, 2.24) is 0 Å². The van der Waals surface area contributed by atoms with Crippen LogP contribution in [0.2, 0.25) is 0 Å². The van der Waals surface area contributed by atoms with Crippen molar-refractivity contribution >= 4 is 27.3 Å². The van der Waals surface area contributed by atoms with Crippen LogP contribution in [0.4, 0.5) is 11.4 Å². The van der Waals surface area contributed by atoms with Crippen LogP contribution >= 0.6 is 15.9 Å². The molecule has 5 heteroatoms. The molecule has 0 aromatic heterocycles. The summed E-state index contributed by atoms with van der Waals surface area (Å²) in [6, 6.07) is 3.60. The minimum atomic E-state index is -0.369. The second-order valence-electron chi connectivity index (χ2n) is 3.22. The summed E-state index contributed by atoms with van der Waals surface area (Å²) in [5, 5.41) is 10.8. The Morgan fingerprint density at radius 2 is 2.00 bits per heavy atom. The lowest BCUT2D eigenvalue weighted by Crippen LogP contribution is -2.10. The Kier molecular flexibility index (Phi) is 3.10. The lowest BCUT2D eigenvalue weighted by atomic mass is 10.2. The predicted octanol–water partition coefficient (Wildman–Crippen LogP) is 2.73. The van der Waals surface area contributed by atoms with Gasteiger partial charge in [0.05, 0.1) is 10.6 Å². The smallest absolute Gasteiger partial charge is 0.288 e. The first kappa shape index (κ1) is 11.0. The van der Waals surface area contributed by atoms with Crippen molar-refractivity contribution < 1.29 is 4.92 Å². The molecule has 0 heterocycles. The maximum absolute atomic E-state index is 10.8. The van der Waals surface area contributed by atoms with Crippen LogP contribution in [0, 0.1) is 17.0 Å². The van der Waals surface area contributed by atoms with Crippen molar-refractivity contribution in [2.75, 3.05) is 19.0 Å². The van der Waals surface area contributed by atoms with E-state index in [4.69, 9.17) is 0 Å². The van der Waals surface area contributed by atoms with Gasteiger partial charge in [0.1, 0.15) is 4.47 Å². The fourth-order valence-electron chi connectivity index (χ4n) is 1.22. The van der Waals surface area contributed by atoms with E-state index in [1.807, 2.05) is 25.1 Å². The Balaban J connectivity index is 3.41. The highest BCUT2D eigenvalue weighted by molar-refractivity contribution is 9.10. The Hall–Kier alpha value is -1.10. The SMILES string of the molecule is Cc1ccc(N(C)C)c(Br)c1[N+](=O)[O-]. The number of nitrogens with zero attached hydrogens (tertiary/aromatic N) is 2. The number of nitro benzene ring substituents is 1. The normalized spacial score (nSPS) is 10.0. The lowest BCUT2D eigenvalue weighted by Gasteiger charge is -2.14. The average molecular weight is 259 g/mol. The van der Waals surface area contributed by atoms with E-state index in [0.29, 0.717) is 10.0 Å². The number of halogens is 1. The van der Waals surface area contributed by atoms with Crippen molar-refractivity contribution in [3.05, 3.63) is 32.3 Å². The fourth-order valence-corrected chi connectivity index (χ4v) is 2.16. The molecule has 0 spiro atoms. The topological polar surface area (TPSA) is 46.4 Å². The van der Waals surface area contributed by atoms with E-state index in [1.54, 1.807) is 13.0 Å². The Labute approximate surface area is 90.8 Å². The maximum Gasteiger partial charge on any atom is 0.288 e. The minimum Gasteiger partial charge on any atom is -0.377 e. The van der Waals surface area contributed by atoms with E-state index >= 15 is 0 Å². The number of benzene rings is 1. The van der Waals surface area contributed by atoms with Gasteiger partial charge in [0.15, 0.2) is 0 Å². The molecule has 0 unspecified atom stereocenters. The summed E-state index contributed by atoms with van der Waals surface area (Å²) in [7, 11) is 3.69. The van der Waals surface area contributed by atoms with Crippen LogP contribution in [0.5, 0.6) is 0 Å². The third kappa shape index (κ3) is 1.87. The molecule has 0 bridgehead atoms. The summed E-state index contributed by atoms with van der Waals surface area (Å²) >= 11 is 3.25. The quantitative estimate of drug-likeness (QED) is 0.606. The van der Waals surface area contributed by atoms with Crippen LogP contribution in [0.15, 0.2) is 16.6 Å². The van der Waals surface area contributed by atoms with Crippen LogP contribution in [-0.2, 0) is 0 Å². The van der Waals surface area contributed by atoms with Gasteiger partial charge in [0.25, 0.3) is 5.69 Å². The molecule has 0 saturated heterocycles. The van der Waals surface area contributed by atoms with Gasteiger partial charge in [0, 0.05) is 19.7 Å². The molecule has 0 amide bonds. The molecule has 76 valence electrons. The van der Waals surface area contributed by atoms with Gasteiger partial charge in [-0.15, -0.1) is 0 Å². The molecule has 0 atom stereocenters. The highest BCUT2D eigenvalue weighted by Gasteiger charge is 2.19. The Morgan fingerprint density at radius 1 is 1.43 bits per heavy atom. The molecule has 0 aliphatic carbocycles. The average Bonchev–Trinajstić information content (AvgIpc) is 2.02. The van der Waals surface area contributed by atoms with Crippen molar-refractivity contribution in [1.29, 1.82) is 0 Å². The van der Waals surface area contributed by atoms with E-state index < -0.39 is 0 Å². The third-order valence-corrected chi connectivity index (χ3v) is 2.74. The van der Waals surface area contributed by atoms with Crippen LogP contribution < -0.4 is 4.90 Å². The van der Waals surface area contributed by atoms with Crippen molar-refractivity contribution in [3.8, 4) is 0 Å². The molecular weight excluding hydrogens is 248 g/mol. The standard InChI is InChI=1S/C9H11BrN2O2/c1-6-4-5-7(11(2)3)8(10)9(6)12(13)14/h4-5H,1-3H3. The summed E-state index contributed by atoms with van der Waals surface area (Å²) in [6.45, 7) is 1.72. The summed E-state index contributed by atoms with van der Waals surface area (Å²) in [5.41, 5.74) is 1.60. The predicted molar refractivity (Wildman–Crippen MR) is 59.9 cm³/mol. The number of hydrogen-bond acceptors (Lipinski definition) is 3. The molecule has 0 fully saturated rings. The molecule has 0 N–H and O–H groups in total. The zero-order chi connectivity index (χ0) is 10.9. The van der Waals surface area contributed by atoms with Gasteiger partial charge in [0.2, 0.25) is 0 Å². The van der Waals surface area contributed by atoms with Gasteiger partial charge >= 0.3 is 0 Å². The highest BCUT2D eigenvalue weighted by Crippen LogP contribution is 2.36. The second kappa shape index (κ2) is 3.96. The number of rotatable bonds is 2. The number of aryl methyl sites for hydroxylation is 1. The number of nitro groups is 1. The summed E-state index contributed by atoms with van der Waals surface area (Å²) < 4.78 is 0.535. The largest absolute Gasteiger partial charge is 0.377 e. The molecule has 1 rings (SSSR count). The summed E-state index contributed by atoms with van der Waals surface area (Å²) in [5.74, 6) is 0. The highest BCUT2D eigenvalue weighted by atomic mass is 79.9. The first-order valence-corrected chi connectivity index (χ1v) is 4.85. The van der Waals surface area contributed by atoms with Gasteiger partial charge < -0.3 is 4.90 Å². The van der Waals surface area contributed by atoms with E-state index in [9.17, 15) is 10.1 Å². The summed E-state index contributed by atoms with van der Waals surface area (Å²) in [6.07, 6.45) is 0. The minimum absolute atomic E-state index is 0.135. The van der Waals surface area contributed by atoms with Crippen LogP contribution in [0.3, 0.4) is 0 Å². The Bertz CT molecular complexity index is 377. The van der Waals surface area contributed by atoms with Crippen LogP contribution in [-0.4, -0.2) is 19.0 Å². The van der Waals surface area contributed by atoms with E-state index in [-0.39, 0.29) is 10.6 Å². The van der Waals surface area contributed by atoms with E-state index in [2.05, 4.69) is 15.9 Å². The molecule has 0 saturated carbocycles. The molecular formula is C9H11BrN2O2. The van der Waals surface area contributed by atoms with Crippen LogP contribution in [0.25, 0.3) is 0 Å². The fraction of sp³-hybridized carbons (Fsp3) is 0.333. The first-order chi connectivity index (χ1) is 6.45. The molecule has 1 aromatic rings. The Morgan fingerprint density at radius 3 is 2.43 bits per heavy atom. The van der Waals surface area contributed by atoms with Crippen LogP contribution in [0.1, 0.15) is 5.56 Å². The molecule has 1 aromatic carbocycles. The number of hydrogen-bond donors (Lipinski definition) is 0. The van der Waals surface area contributed by atoms with Gasteiger partial charge in [-0.1, -0.05) is 6.07 Å². The van der Waals surface area contributed by atoms with Gasteiger partial charge in [-0.05, 0) is 28.9 Å². The van der Waals surface area contributed by atoms with Crippen molar-refractivity contribution in [3.63, 3.8) is 0 Å². The molecule has 0 radical (unpaired) electrons. The monoisotopic (exact) mass is 258 g/mol. The van der Waals surface area contributed by atoms with Crippen molar-refractivity contribution in [2.45, 2.75) is 6.92 Å². The van der Waals surface area contributed by atoms with E-state index in [0.717, 1.165) is 5.69 Å². The zero-order valence-corrected chi connectivity index (χ0v) is 9.83. The molecule has 0 aliphatic rings. The van der Waals surface area contributed by atoms with Gasteiger partial charge in [-0.3, -0.25) is 10.1 Å². The first-order valence-electron chi connectivity index (χ1n) is 4.06. The van der Waals surface area contributed by atoms with E-state index in [1.165, 1.54) is 0 Å². The number of anilines is 1. The van der Waals surface area contributed by atoms with Crippen molar-refractivity contribution in [2.24, 2.45) is 0 Å². The lowest BCUT2D eigenvalue weighted by molar-refractivity contribution is -0.386. The maximum atomic E-state index is 10.8. The summed E-state index contributed by atoms with van der Waals surface area (Å²) in [4.78, 5) is 12.2. The second-order valence-corrected chi connectivity index (χ2v) is 4.01. The zero-order valence-electron chi connectivity index (χ0n) is 8.24. The molecule has 4 nitrogen and oxygen atoms in total. The van der Waals surface area contributed by atoms with Gasteiger partial charge in [-0.2, -0.15) is 0 Å². The third-order valence-electron chi connectivity index (χ3n) is 1.96.